The van der Waals surface area contributed by atoms with E-state index in [0.717, 1.165) is 0 Å². The first-order valence-electron chi connectivity index (χ1n) is 4.99. The molecule has 2 rings (SSSR count). The summed E-state index contributed by atoms with van der Waals surface area (Å²) >= 11 is 0. The van der Waals surface area contributed by atoms with Crippen LogP contribution in [0, 0.1) is 0 Å². The van der Waals surface area contributed by atoms with Gasteiger partial charge < -0.3 is 0 Å². The first-order chi connectivity index (χ1) is 7.79. The smallest absolute Gasteiger partial charge is 0.101 e. The summed E-state index contributed by atoms with van der Waals surface area (Å²) in [4.78, 5) is 0. The van der Waals surface area contributed by atoms with Gasteiger partial charge in [-0.2, -0.15) is 0 Å². The molecule has 0 N–H and O–H groups in total. The van der Waals surface area contributed by atoms with Gasteiger partial charge in [-0.1, -0.05) is 60.7 Å². The van der Waals surface area contributed by atoms with Crippen molar-refractivity contribution in [1.29, 1.82) is 0 Å². The SMILES string of the molecule is FN(F)C(c1ccccc1)c1ccccc1. The van der Waals surface area contributed by atoms with Crippen molar-refractivity contribution in [2.24, 2.45) is 0 Å². The molecule has 0 aliphatic carbocycles. The van der Waals surface area contributed by atoms with Crippen LogP contribution in [-0.2, 0) is 0 Å². The van der Waals surface area contributed by atoms with Gasteiger partial charge in [0.1, 0.15) is 6.04 Å². The molecule has 2 aromatic carbocycles. The Bertz CT molecular complexity index is 389. The molecular weight excluding hydrogens is 208 g/mol. The Kier molecular flexibility index (Phi) is 3.27. The van der Waals surface area contributed by atoms with Crippen LogP contribution in [0.15, 0.2) is 60.7 Å². The zero-order valence-electron chi connectivity index (χ0n) is 8.55. The molecule has 0 fully saturated rings. The molecule has 2 aromatic rings. The molecule has 0 spiro atoms. The van der Waals surface area contributed by atoms with Crippen molar-refractivity contribution >= 4 is 0 Å². The lowest BCUT2D eigenvalue weighted by atomic mass is 10.00. The van der Waals surface area contributed by atoms with Crippen LogP contribution in [0.4, 0.5) is 8.96 Å². The first-order valence-corrected chi connectivity index (χ1v) is 4.99. The van der Waals surface area contributed by atoms with E-state index in [9.17, 15) is 8.96 Å². The van der Waals surface area contributed by atoms with Crippen molar-refractivity contribution in [3.8, 4) is 0 Å². The molecule has 3 heteroatoms. The van der Waals surface area contributed by atoms with Gasteiger partial charge in [-0.25, -0.2) is 0 Å². The zero-order valence-corrected chi connectivity index (χ0v) is 8.55. The largest absolute Gasteiger partial charge is 0.123 e. The third kappa shape index (κ3) is 2.25. The van der Waals surface area contributed by atoms with E-state index in [0.29, 0.717) is 11.1 Å². The maximum Gasteiger partial charge on any atom is 0.123 e. The van der Waals surface area contributed by atoms with Crippen LogP contribution in [0.25, 0.3) is 0 Å². The minimum atomic E-state index is -0.998. The summed E-state index contributed by atoms with van der Waals surface area (Å²) < 4.78 is 25.8. The number of rotatable bonds is 3. The lowest BCUT2D eigenvalue weighted by molar-refractivity contribution is -0.178. The third-order valence-electron chi connectivity index (χ3n) is 2.43. The highest BCUT2D eigenvalue weighted by Gasteiger charge is 2.21. The standard InChI is InChI=1S/C13H11F2N/c14-16(15)13(11-7-3-1-4-8-11)12-9-5-2-6-10-12/h1-10,13H. The molecule has 0 heterocycles. The van der Waals surface area contributed by atoms with Gasteiger partial charge in [0.05, 0.1) is 0 Å². The summed E-state index contributed by atoms with van der Waals surface area (Å²) in [5, 5.41) is -0.759. The number of hydrogen-bond donors (Lipinski definition) is 0. The molecule has 0 radical (unpaired) electrons. The highest BCUT2D eigenvalue weighted by molar-refractivity contribution is 5.30. The molecule has 0 atom stereocenters. The average molecular weight is 219 g/mol. The van der Waals surface area contributed by atoms with E-state index in [1.807, 2.05) is 12.1 Å². The fourth-order valence-corrected chi connectivity index (χ4v) is 1.69. The van der Waals surface area contributed by atoms with Crippen molar-refractivity contribution in [3.05, 3.63) is 71.8 Å². The molecule has 0 amide bonds. The van der Waals surface area contributed by atoms with Crippen molar-refractivity contribution in [1.82, 2.24) is 5.34 Å². The Morgan fingerprint density at radius 1 is 0.688 bits per heavy atom. The Labute approximate surface area is 92.8 Å². The topological polar surface area (TPSA) is 3.24 Å². The second kappa shape index (κ2) is 4.86. The van der Waals surface area contributed by atoms with Gasteiger partial charge in [0.25, 0.3) is 0 Å². The van der Waals surface area contributed by atoms with Crippen molar-refractivity contribution in [2.45, 2.75) is 6.04 Å². The monoisotopic (exact) mass is 219 g/mol. The molecule has 0 bridgehead atoms. The fourth-order valence-electron chi connectivity index (χ4n) is 1.69. The lowest BCUT2D eigenvalue weighted by Gasteiger charge is -2.17. The summed E-state index contributed by atoms with van der Waals surface area (Å²) in [6.45, 7) is 0. The molecule has 0 unspecified atom stereocenters. The lowest BCUT2D eigenvalue weighted by Crippen LogP contribution is -2.13. The maximum atomic E-state index is 12.9. The third-order valence-corrected chi connectivity index (χ3v) is 2.43. The van der Waals surface area contributed by atoms with E-state index < -0.39 is 11.4 Å². The van der Waals surface area contributed by atoms with E-state index in [4.69, 9.17) is 0 Å². The summed E-state index contributed by atoms with van der Waals surface area (Å²) in [5.41, 5.74) is 1.16. The molecule has 1 nitrogen and oxygen atoms in total. The van der Waals surface area contributed by atoms with Gasteiger partial charge in [-0.3, -0.25) is 0 Å². The van der Waals surface area contributed by atoms with Crippen LogP contribution in [0.2, 0.25) is 0 Å². The molecule has 0 aromatic heterocycles. The van der Waals surface area contributed by atoms with Crippen molar-refractivity contribution < 1.29 is 8.96 Å². The highest BCUT2D eigenvalue weighted by Crippen LogP contribution is 2.28. The van der Waals surface area contributed by atoms with E-state index in [1.54, 1.807) is 48.5 Å². The highest BCUT2D eigenvalue weighted by atomic mass is 19.4. The van der Waals surface area contributed by atoms with Crippen LogP contribution < -0.4 is 0 Å². The molecule has 82 valence electrons. The summed E-state index contributed by atoms with van der Waals surface area (Å²) in [7, 11) is 0. The van der Waals surface area contributed by atoms with Gasteiger partial charge in [0, 0.05) is 5.34 Å². The van der Waals surface area contributed by atoms with Crippen LogP contribution in [-0.4, -0.2) is 5.34 Å². The number of nitrogens with zero attached hydrogens (tertiary/aromatic N) is 1. The number of halogens is 2. The second-order valence-corrected chi connectivity index (χ2v) is 3.48. The minimum Gasteiger partial charge on any atom is -0.101 e. The average Bonchev–Trinajstić information content (AvgIpc) is 2.31. The Hall–Kier alpha value is -1.74. The fraction of sp³-hybridized carbons (Fsp3) is 0.0769. The van der Waals surface area contributed by atoms with Gasteiger partial charge in [0.15, 0.2) is 0 Å². The predicted molar refractivity (Wildman–Crippen MR) is 58.8 cm³/mol. The Morgan fingerprint density at radius 3 is 1.38 bits per heavy atom. The summed E-state index contributed by atoms with van der Waals surface area (Å²) in [6.07, 6.45) is 0. The molecule has 16 heavy (non-hydrogen) atoms. The van der Waals surface area contributed by atoms with E-state index in [-0.39, 0.29) is 0 Å². The summed E-state index contributed by atoms with van der Waals surface area (Å²) in [6, 6.07) is 16.5. The maximum absolute atomic E-state index is 12.9. The second-order valence-electron chi connectivity index (χ2n) is 3.48. The molecule has 0 saturated heterocycles. The molecule has 0 saturated carbocycles. The Balaban J connectivity index is 2.40. The zero-order chi connectivity index (χ0) is 11.4. The predicted octanol–water partition coefficient (Wildman–Crippen LogP) is 3.85. The van der Waals surface area contributed by atoms with E-state index in [2.05, 4.69) is 0 Å². The minimum absolute atomic E-state index is 0.582. The Morgan fingerprint density at radius 2 is 1.06 bits per heavy atom. The molecule has 0 aliphatic rings. The number of hydrogen-bond acceptors (Lipinski definition) is 1. The summed E-state index contributed by atoms with van der Waals surface area (Å²) in [5.74, 6) is 0. The van der Waals surface area contributed by atoms with Crippen LogP contribution in [0.5, 0.6) is 0 Å². The van der Waals surface area contributed by atoms with E-state index >= 15 is 0 Å². The first kappa shape index (κ1) is 10.8. The van der Waals surface area contributed by atoms with Gasteiger partial charge in [-0.05, 0) is 11.1 Å². The molecular formula is C13H11F2N. The van der Waals surface area contributed by atoms with Crippen LogP contribution in [0.1, 0.15) is 17.2 Å². The van der Waals surface area contributed by atoms with Crippen molar-refractivity contribution in [2.75, 3.05) is 0 Å². The van der Waals surface area contributed by atoms with Gasteiger partial charge in [0.2, 0.25) is 0 Å². The van der Waals surface area contributed by atoms with Crippen LogP contribution >= 0.6 is 0 Å². The number of benzene rings is 2. The van der Waals surface area contributed by atoms with E-state index in [1.165, 1.54) is 0 Å². The van der Waals surface area contributed by atoms with Crippen LogP contribution in [0.3, 0.4) is 0 Å². The molecule has 0 aliphatic heterocycles. The quantitative estimate of drug-likeness (QED) is 0.709. The van der Waals surface area contributed by atoms with Gasteiger partial charge >= 0.3 is 0 Å². The normalized spacial score (nSPS) is 11.0. The van der Waals surface area contributed by atoms with Gasteiger partial charge in [-0.15, -0.1) is 8.96 Å². The van der Waals surface area contributed by atoms with Crippen molar-refractivity contribution in [3.63, 3.8) is 0 Å².